The predicted octanol–water partition coefficient (Wildman–Crippen LogP) is 7.24. The van der Waals surface area contributed by atoms with Gasteiger partial charge >= 0.3 is 0 Å². The third-order valence-electron chi connectivity index (χ3n) is 6.14. The molecular weight excluding hydrogens is 510 g/mol. The van der Waals surface area contributed by atoms with Crippen LogP contribution in [0.2, 0.25) is 0 Å². The van der Waals surface area contributed by atoms with Crippen molar-refractivity contribution in [3.05, 3.63) is 125 Å². The lowest BCUT2D eigenvalue weighted by Crippen LogP contribution is -2.34. The molecule has 0 aliphatic rings. The largest absolute Gasteiger partial charge is 0.344 e. The molecule has 1 heterocycles. The Kier molecular flexibility index (Phi) is 7.86. The van der Waals surface area contributed by atoms with E-state index in [9.17, 15) is 9.59 Å². The zero-order chi connectivity index (χ0) is 26.5. The topological polar surface area (TPSA) is 71.1 Å². The van der Waals surface area contributed by atoms with Crippen molar-refractivity contribution in [2.75, 3.05) is 5.32 Å². The van der Waals surface area contributed by atoms with Crippen LogP contribution in [-0.4, -0.2) is 22.0 Å². The van der Waals surface area contributed by atoms with E-state index in [-0.39, 0.29) is 23.1 Å². The van der Waals surface area contributed by atoms with E-state index in [0.29, 0.717) is 11.3 Å². The van der Waals surface area contributed by atoms with Crippen molar-refractivity contribution in [3.8, 4) is 0 Å². The summed E-state index contributed by atoms with van der Waals surface area (Å²) in [6.45, 7) is 3.89. The molecule has 0 radical (unpaired) electrons. The third-order valence-corrected chi connectivity index (χ3v) is 8.35. The Bertz CT molecular complexity index is 1510. The fourth-order valence-corrected chi connectivity index (χ4v) is 6.31. The zero-order valence-electron chi connectivity index (χ0n) is 21.0. The quantitative estimate of drug-likeness (QED) is 0.205. The number of benzene rings is 4. The van der Waals surface area contributed by atoms with Gasteiger partial charge < -0.3 is 10.6 Å². The Labute approximate surface area is 230 Å². The molecule has 7 heteroatoms. The van der Waals surface area contributed by atoms with E-state index in [4.69, 9.17) is 4.98 Å². The molecular formula is C31H27N3O2S2. The van der Waals surface area contributed by atoms with Crippen LogP contribution in [0.1, 0.15) is 40.0 Å². The van der Waals surface area contributed by atoms with Crippen LogP contribution in [0.15, 0.2) is 107 Å². The van der Waals surface area contributed by atoms with Gasteiger partial charge in [-0.1, -0.05) is 90.1 Å². The van der Waals surface area contributed by atoms with Crippen molar-refractivity contribution >= 4 is 50.8 Å². The molecule has 0 spiro atoms. The molecule has 2 N–H and O–H groups in total. The number of aryl methyl sites for hydroxylation is 1. The van der Waals surface area contributed by atoms with Crippen molar-refractivity contribution in [1.82, 2.24) is 10.3 Å². The van der Waals surface area contributed by atoms with E-state index >= 15 is 0 Å². The van der Waals surface area contributed by atoms with Gasteiger partial charge in [0.15, 0.2) is 4.34 Å². The number of nitrogens with zero attached hydrogens (tertiary/aromatic N) is 1. The molecule has 5 nitrogen and oxygen atoms in total. The lowest BCUT2D eigenvalue weighted by Gasteiger charge is -2.21. The number of anilines is 1. The summed E-state index contributed by atoms with van der Waals surface area (Å²) in [7, 11) is 0. The highest BCUT2D eigenvalue weighted by atomic mass is 32.2. The fraction of sp³-hybridized carbons (Fsp3) is 0.129. The first kappa shape index (κ1) is 25.7. The van der Waals surface area contributed by atoms with Crippen molar-refractivity contribution in [2.45, 2.75) is 29.5 Å². The zero-order valence-corrected chi connectivity index (χ0v) is 22.7. The minimum atomic E-state index is -0.341. The number of amides is 2. The van der Waals surface area contributed by atoms with Crippen molar-refractivity contribution < 1.29 is 9.59 Å². The molecule has 0 bridgehead atoms. The lowest BCUT2D eigenvalue weighted by molar-refractivity contribution is -0.120. The number of carbonyl (C=O) groups excluding carboxylic acids is 2. The number of hydrogen-bond acceptors (Lipinski definition) is 5. The van der Waals surface area contributed by atoms with Gasteiger partial charge in [-0.05, 0) is 55.3 Å². The number of fused-ring (bicyclic) bond motifs is 1. The second kappa shape index (κ2) is 11.6. The van der Waals surface area contributed by atoms with Crippen LogP contribution in [0.4, 0.5) is 5.69 Å². The molecule has 4 aromatic carbocycles. The lowest BCUT2D eigenvalue weighted by atomic mass is 9.98. The molecule has 38 heavy (non-hydrogen) atoms. The van der Waals surface area contributed by atoms with Crippen LogP contribution in [-0.2, 0) is 4.79 Å². The smallest absolute Gasteiger partial charge is 0.255 e. The molecule has 0 fully saturated rings. The van der Waals surface area contributed by atoms with Gasteiger partial charge in [0.05, 0.1) is 21.5 Å². The van der Waals surface area contributed by atoms with Crippen LogP contribution < -0.4 is 10.6 Å². The molecule has 0 saturated carbocycles. The Morgan fingerprint density at radius 1 is 0.842 bits per heavy atom. The third kappa shape index (κ3) is 6.13. The number of aromatic nitrogens is 1. The summed E-state index contributed by atoms with van der Waals surface area (Å²) in [5, 5.41) is 5.84. The summed E-state index contributed by atoms with van der Waals surface area (Å²) in [6.07, 6.45) is 0. The number of nitrogens with one attached hydrogen (secondary N) is 2. The van der Waals surface area contributed by atoms with Crippen molar-refractivity contribution in [1.29, 1.82) is 0 Å². The van der Waals surface area contributed by atoms with Gasteiger partial charge in [0, 0.05) is 11.3 Å². The first-order valence-electron chi connectivity index (χ1n) is 12.3. The van der Waals surface area contributed by atoms with Crippen LogP contribution >= 0.6 is 23.1 Å². The molecule has 5 aromatic rings. The second-order valence-electron chi connectivity index (χ2n) is 9.01. The van der Waals surface area contributed by atoms with Gasteiger partial charge in [0.1, 0.15) is 0 Å². The second-order valence-corrected chi connectivity index (χ2v) is 11.6. The first-order valence-corrected chi connectivity index (χ1v) is 14.0. The number of thioether (sulfide) groups is 1. The average Bonchev–Trinajstić information content (AvgIpc) is 3.34. The summed E-state index contributed by atoms with van der Waals surface area (Å²) in [5.41, 5.74) is 5.33. The summed E-state index contributed by atoms with van der Waals surface area (Å²) in [6, 6.07) is 32.9. The standard InChI is InChI=1S/C31H27N3O2S2/c1-20-13-15-24(16-14-20)30(36)32-25-17-18-26-27(19-25)38-31(33-26)37-21(2)29(35)34-28(22-9-5-3-6-10-22)23-11-7-4-8-12-23/h3-19,21,28H,1-2H3,(H,32,36)(H,34,35)/t21-/m0/s1. The van der Waals surface area contributed by atoms with E-state index in [1.54, 1.807) is 0 Å². The Morgan fingerprint density at radius 3 is 2.11 bits per heavy atom. The van der Waals surface area contributed by atoms with Crippen LogP contribution in [0, 0.1) is 6.92 Å². The van der Waals surface area contributed by atoms with Gasteiger partial charge in [0.25, 0.3) is 5.91 Å². The predicted molar refractivity (Wildman–Crippen MR) is 157 cm³/mol. The minimum Gasteiger partial charge on any atom is -0.344 e. The Hall–Kier alpha value is -3.94. The summed E-state index contributed by atoms with van der Waals surface area (Å²) >= 11 is 2.95. The normalized spacial score (nSPS) is 11.9. The molecule has 0 aliphatic heterocycles. The van der Waals surface area contributed by atoms with E-state index in [1.165, 1.54) is 23.1 Å². The number of rotatable bonds is 8. The molecule has 0 unspecified atom stereocenters. The molecule has 5 rings (SSSR count). The highest BCUT2D eigenvalue weighted by molar-refractivity contribution is 8.02. The van der Waals surface area contributed by atoms with Gasteiger partial charge in [-0.25, -0.2) is 4.98 Å². The minimum absolute atomic E-state index is 0.0574. The van der Waals surface area contributed by atoms with Crippen molar-refractivity contribution in [3.63, 3.8) is 0 Å². The molecule has 1 aromatic heterocycles. The van der Waals surface area contributed by atoms with Crippen LogP contribution in [0.5, 0.6) is 0 Å². The molecule has 1 atom stereocenters. The maximum absolute atomic E-state index is 13.2. The Balaban J connectivity index is 1.27. The van der Waals surface area contributed by atoms with E-state index in [0.717, 1.165) is 31.2 Å². The Morgan fingerprint density at radius 2 is 1.47 bits per heavy atom. The van der Waals surface area contributed by atoms with Gasteiger partial charge in [-0.15, -0.1) is 11.3 Å². The molecule has 190 valence electrons. The molecule has 0 aliphatic carbocycles. The van der Waals surface area contributed by atoms with Crippen LogP contribution in [0.25, 0.3) is 10.2 Å². The number of hydrogen-bond donors (Lipinski definition) is 2. The molecule has 0 saturated heterocycles. The van der Waals surface area contributed by atoms with E-state index in [2.05, 4.69) is 10.6 Å². The number of carbonyl (C=O) groups is 2. The van der Waals surface area contributed by atoms with Gasteiger partial charge in [-0.2, -0.15) is 0 Å². The van der Waals surface area contributed by atoms with E-state index < -0.39 is 0 Å². The summed E-state index contributed by atoms with van der Waals surface area (Å²) in [5.74, 6) is -0.210. The maximum Gasteiger partial charge on any atom is 0.255 e. The number of thiazole rings is 1. The SMILES string of the molecule is Cc1ccc(C(=O)Nc2ccc3nc(S[C@@H](C)C(=O)NC(c4ccccc4)c4ccccc4)sc3c2)cc1. The van der Waals surface area contributed by atoms with Crippen LogP contribution in [0.3, 0.4) is 0 Å². The highest BCUT2D eigenvalue weighted by Gasteiger charge is 2.22. The van der Waals surface area contributed by atoms with E-state index in [1.807, 2.05) is 117 Å². The van der Waals surface area contributed by atoms with Gasteiger partial charge in [-0.3, -0.25) is 9.59 Å². The fourth-order valence-electron chi connectivity index (χ4n) is 4.05. The van der Waals surface area contributed by atoms with Gasteiger partial charge in [0.2, 0.25) is 5.91 Å². The maximum atomic E-state index is 13.2. The van der Waals surface area contributed by atoms with Crippen molar-refractivity contribution in [2.24, 2.45) is 0 Å². The monoisotopic (exact) mass is 537 g/mol. The highest BCUT2D eigenvalue weighted by Crippen LogP contribution is 2.34. The molecule has 2 amide bonds. The first-order chi connectivity index (χ1) is 18.5. The summed E-state index contributed by atoms with van der Waals surface area (Å²) in [4.78, 5) is 30.6. The summed E-state index contributed by atoms with van der Waals surface area (Å²) < 4.78 is 1.76. The average molecular weight is 538 g/mol.